The van der Waals surface area contributed by atoms with Crippen molar-refractivity contribution in [3.8, 4) is 17.1 Å². The number of nitrogens with one attached hydrogen (secondary N) is 2. The number of ether oxygens (including phenoxy) is 1. The van der Waals surface area contributed by atoms with Crippen LogP contribution in [0.15, 0.2) is 89.7 Å². The molecule has 2 bridgehead atoms. The molecule has 1 aliphatic heterocycles. The van der Waals surface area contributed by atoms with Crippen LogP contribution in [0.25, 0.3) is 22.3 Å². The van der Waals surface area contributed by atoms with Crippen molar-refractivity contribution < 1.29 is 14.3 Å². The minimum Gasteiger partial charge on any atom is -0.492 e. The molecule has 1 atom stereocenters. The lowest BCUT2D eigenvalue weighted by Crippen LogP contribution is -2.41. The first-order chi connectivity index (χ1) is 22.4. The molecule has 6 rings (SSSR count). The second-order valence-corrected chi connectivity index (χ2v) is 11.5. The molecule has 2 N–H and O–H groups in total. The van der Waals surface area contributed by atoms with Crippen LogP contribution < -0.4 is 20.9 Å². The van der Waals surface area contributed by atoms with Gasteiger partial charge in [-0.3, -0.25) is 19.3 Å². The van der Waals surface area contributed by atoms with Crippen molar-refractivity contribution in [2.75, 3.05) is 26.2 Å². The largest absolute Gasteiger partial charge is 0.492 e. The summed E-state index contributed by atoms with van der Waals surface area (Å²) in [5.41, 5.74) is 2.69. The van der Waals surface area contributed by atoms with Gasteiger partial charge in [-0.2, -0.15) is 5.10 Å². The van der Waals surface area contributed by atoms with Gasteiger partial charge in [0.2, 0.25) is 5.91 Å². The van der Waals surface area contributed by atoms with E-state index in [0.717, 1.165) is 16.5 Å². The highest BCUT2D eigenvalue weighted by atomic mass is 16.5. The van der Waals surface area contributed by atoms with Crippen LogP contribution in [-0.4, -0.2) is 62.3 Å². The molecule has 0 saturated carbocycles. The number of rotatable bonds is 3. The zero-order valence-electron chi connectivity index (χ0n) is 26.0. The minimum atomic E-state index is -0.450. The Morgan fingerprint density at radius 3 is 2.54 bits per heavy atom. The van der Waals surface area contributed by atoms with Gasteiger partial charge in [-0.15, -0.1) is 0 Å². The Kier molecular flexibility index (Phi) is 9.20. The highest BCUT2D eigenvalue weighted by Crippen LogP contribution is 2.20. The molecule has 11 heteroatoms. The van der Waals surface area contributed by atoms with E-state index in [-0.39, 0.29) is 37.1 Å². The van der Waals surface area contributed by atoms with Crippen LogP contribution in [0, 0.1) is 0 Å². The smallest absolute Gasteiger partial charge is 0.255 e. The fourth-order valence-electron chi connectivity index (χ4n) is 5.74. The van der Waals surface area contributed by atoms with Gasteiger partial charge in [0.15, 0.2) is 5.82 Å². The van der Waals surface area contributed by atoms with Crippen LogP contribution >= 0.6 is 0 Å². The number of aryl methyl sites for hydroxylation is 1. The van der Waals surface area contributed by atoms with E-state index >= 15 is 0 Å². The van der Waals surface area contributed by atoms with Gasteiger partial charge in [-0.05, 0) is 49.1 Å². The molecule has 3 heterocycles. The number of aromatic nitrogens is 4. The topological polar surface area (TPSA) is 123 Å². The van der Waals surface area contributed by atoms with Gasteiger partial charge in [0.25, 0.3) is 11.5 Å². The summed E-state index contributed by atoms with van der Waals surface area (Å²) >= 11 is 0. The predicted octanol–water partition coefficient (Wildman–Crippen LogP) is 3.69. The summed E-state index contributed by atoms with van der Waals surface area (Å²) < 4.78 is 9.39. The van der Waals surface area contributed by atoms with E-state index in [2.05, 4.69) is 10.6 Å². The molecule has 2 amide bonds. The number of benzene rings is 3. The summed E-state index contributed by atoms with van der Waals surface area (Å²) in [5.74, 6) is 1.30. The average Bonchev–Trinajstić information content (AvgIpc) is 3.50. The molecule has 11 nitrogen and oxygen atoms in total. The summed E-state index contributed by atoms with van der Waals surface area (Å²) in [6.07, 6.45) is 0.577. The summed E-state index contributed by atoms with van der Waals surface area (Å²) in [6.45, 7) is 3.76. The lowest BCUT2D eigenvalue weighted by molar-refractivity contribution is -0.123. The molecule has 0 saturated heterocycles. The third-order valence-corrected chi connectivity index (χ3v) is 8.07. The normalized spacial score (nSPS) is 16.9. The molecule has 0 radical (unpaired) electrons. The van der Waals surface area contributed by atoms with Crippen molar-refractivity contribution in [3.05, 3.63) is 112 Å². The number of para-hydroxylation sites is 1. The first kappa shape index (κ1) is 30.7. The fraction of sp³-hybridized carbons (Fsp3) is 0.286. The number of carbonyl (C=O) groups excluding carboxylic acids is 2. The number of pyridine rings is 1. The number of amides is 2. The van der Waals surface area contributed by atoms with Crippen LogP contribution in [0.1, 0.15) is 41.1 Å². The second kappa shape index (κ2) is 13.8. The Balaban J connectivity index is 1.29. The summed E-state index contributed by atoms with van der Waals surface area (Å²) in [7, 11) is 1.76. The first-order valence-electron chi connectivity index (χ1n) is 15.5. The van der Waals surface area contributed by atoms with E-state index in [0.29, 0.717) is 54.6 Å². The third-order valence-electron chi connectivity index (χ3n) is 8.07. The lowest BCUT2D eigenvalue weighted by Gasteiger charge is -2.24. The number of hydrogen-bond acceptors (Lipinski definition) is 7. The Morgan fingerprint density at radius 2 is 1.70 bits per heavy atom. The van der Waals surface area contributed by atoms with Crippen LogP contribution in [0.3, 0.4) is 0 Å². The van der Waals surface area contributed by atoms with Gasteiger partial charge in [-0.25, -0.2) is 9.67 Å². The molecule has 5 aromatic rings. The molecule has 1 aliphatic rings. The molecule has 236 valence electrons. The number of fused-ring (bicyclic) bond motifs is 4. The number of hydrogen-bond donors (Lipinski definition) is 2. The van der Waals surface area contributed by atoms with E-state index < -0.39 is 6.04 Å². The highest BCUT2D eigenvalue weighted by Gasteiger charge is 2.22. The van der Waals surface area contributed by atoms with Crippen molar-refractivity contribution in [1.29, 1.82) is 0 Å². The van der Waals surface area contributed by atoms with Gasteiger partial charge in [0, 0.05) is 43.4 Å². The molecule has 0 fully saturated rings. The zero-order valence-corrected chi connectivity index (χ0v) is 26.0. The molecule has 0 unspecified atom stereocenters. The maximum absolute atomic E-state index is 13.5. The van der Waals surface area contributed by atoms with Crippen LogP contribution in [-0.2, 0) is 24.9 Å². The van der Waals surface area contributed by atoms with Crippen LogP contribution in [0.4, 0.5) is 0 Å². The van der Waals surface area contributed by atoms with E-state index in [1.54, 1.807) is 34.5 Å². The summed E-state index contributed by atoms with van der Waals surface area (Å²) in [6, 6.07) is 25.9. The standard InChI is InChI=1S/C35H37N7O4/c1-24-33-38-32(25-10-4-3-5-11-25)39-42(33)18-19-46-29-14-8-13-27(21-29)34(44)36-16-9-17-41(23-31(43)37-24)22-28-20-26-12-6-7-15-30(26)40(2)35(28)45/h3-8,10-15,20-21,24H,9,16-19,22-23H2,1-2H3,(H,36,44)(H,37,43)/t24-/m0/s1. The zero-order chi connectivity index (χ0) is 32.0. The van der Waals surface area contributed by atoms with Crippen LogP contribution in [0.5, 0.6) is 5.75 Å². The predicted molar refractivity (Wildman–Crippen MR) is 175 cm³/mol. The molecule has 3 aromatic carbocycles. The van der Waals surface area contributed by atoms with Gasteiger partial charge in [-0.1, -0.05) is 54.6 Å². The van der Waals surface area contributed by atoms with E-state index in [9.17, 15) is 14.4 Å². The van der Waals surface area contributed by atoms with Gasteiger partial charge in [0.05, 0.1) is 24.6 Å². The average molecular weight is 620 g/mol. The molecule has 0 aliphatic carbocycles. The number of carbonyl (C=O) groups is 2. The van der Waals surface area contributed by atoms with Crippen molar-refractivity contribution in [2.24, 2.45) is 7.05 Å². The van der Waals surface area contributed by atoms with E-state index in [4.69, 9.17) is 14.8 Å². The van der Waals surface area contributed by atoms with Crippen molar-refractivity contribution in [1.82, 2.24) is 34.9 Å². The SMILES string of the molecule is C[C@@H]1NC(=O)CN(Cc2cc3ccccc3n(C)c2=O)CCCNC(=O)c2cccc(c2)OCCn2nc(-c3ccccc3)nc21. The molecular weight excluding hydrogens is 582 g/mol. The number of nitrogens with zero attached hydrogens (tertiary/aromatic N) is 5. The monoisotopic (exact) mass is 619 g/mol. The first-order valence-corrected chi connectivity index (χ1v) is 15.5. The molecule has 2 aromatic heterocycles. The Morgan fingerprint density at radius 1 is 0.913 bits per heavy atom. The van der Waals surface area contributed by atoms with Gasteiger partial charge >= 0.3 is 0 Å². The third kappa shape index (κ3) is 7.00. The minimum absolute atomic E-state index is 0.0547. The molecule has 0 spiro atoms. The molecular formula is C35H37N7O4. The Hall–Kier alpha value is -5.29. The second-order valence-electron chi connectivity index (χ2n) is 11.5. The summed E-state index contributed by atoms with van der Waals surface area (Å²) in [4.78, 5) is 46.5. The highest BCUT2D eigenvalue weighted by molar-refractivity contribution is 5.94. The van der Waals surface area contributed by atoms with Crippen molar-refractivity contribution in [3.63, 3.8) is 0 Å². The van der Waals surface area contributed by atoms with E-state index in [1.807, 2.05) is 78.6 Å². The maximum Gasteiger partial charge on any atom is 0.255 e. The van der Waals surface area contributed by atoms with E-state index in [1.165, 1.54) is 0 Å². The van der Waals surface area contributed by atoms with Crippen molar-refractivity contribution in [2.45, 2.75) is 32.5 Å². The summed E-state index contributed by atoms with van der Waals surface area (Å²) in [5, 5.41) is 11.8. The Labute approximate surface area is 266 Å². The van der Waals surface area contributed by atoms with Crippen molar-refractivity contribution >= 4 is 22.7 Å². The quantitative estimate of drug-likeness (QED) is 0.316. The van der Waals surface area contributed by atoms with Crippen LogP contribution in [0.2, 0.25) is 0 Å². The Bertz CT molecular complexity index is 1920. The maximum atomic E-state index is 13.5. The molecule has 46 heavy (non-hydrogen) atoms. The van der Waals surface area contributed by atoms with Gasteiger partial charge < -0.3 is 19.9 Å². The fourth-order valence-corrected chi connectivity index (χ4v) is 5.74. The van der Waals surface area contributed by atoms with Gasteiger partial charge in [0.1, 0.15) is 18.2 Å². The lowest BCUT2D eigenvalue weighted by atomic mass is 10.1.